The number of halogens is 2. The number of hydrogen-bond acceptors (Lipinski definition) is 3. The fourth-order valence-corrected chi connectivity index (χ4v) is 4.93. The fourth-order valence-electron chi connectivity index (χ4n) is 4.66. The number of carboxylic acid groups (broad SMARTS) is 1. The van der Waals surface area contributed by atoms with Gasteiger partial charge in [-0.1, -0.05) is 48.4 Å². The summed E-state index contributed by atoms with van der Waals surface area (Å²) >= 11 is 6.60. The van der Waals surface area contributed by atoms with Crippen LogP contribution in [-0.4, -0.2) is 20.5 Å². The predicted molar refractivity (Wildman–Crippen MR) is 138 cm³/mol. The number of benzene rings is 2. The first-order valence-electron chi connectivity index (χ1n) is 11.5. The normalized spacial score (nSPS) is 14.5. The Balaban J connectivity index is 1.82. The standard InChI is InChI=1S/C29H21ClFN3O2/c30-24-16-21(31)9-10-22(24)28(19-2-1-3-19)29(20-7-4-18(5-8-20)6-13-27(35)36)23-11-12-26-33-14-15-34(26)25(23)17-32/h4-16,19H,1-3H2,(H,35,36)/b13-6+,29-28+. The third-order valence-corrected chi connectivity index (χ3v) is 6.87. The Hall–Kier alpha value is -4.21. The van der Waals surface area contributed by atoms with Gasteiger partial charge >= 0.3 is 5.97 Å². The van der Waals surface area contributed by atoms with E-state index in [0.29, 0.717) is 16.4 Å². The van der Waals surface area contributed by atoms with Crippen LogP contribution in [0.3, 0.4) is 0 Å². The van der Waals surface area contributed by atoms with Crippen molar-refractivity contribution in [3.05, 3.63) is 112 Å². The molecule has 0 unspecified atom stereocenters. The van der Waals surface area contributed by atoms with E-state index < -0.39 is 11.8 Å². The van der Waals surface area contributed by atoms with Crippen LogP contribution < -0.4 is 0 Å². The molecule has 0 atom stereocenters. The number of allylic oxidation sites excluding steroid dienone is 1. The number of imidazole rings is 1. The minimum atomic E-state index is -1.02. The van der Waals surface area contributed by atoms with E-state index in [4.69, 9.17) is 16.7 Å². The van der Waals surface area contributed by atoms with E-state index >= 15 is 0 Å². The highest BCUT2D eigenvalue weighted by Crippen LogP contribution is 2.47. The molecule has 1 aliphatic rings. The van der Waals surface area contributed by atoms with Crippen LogP contribution >= 0.6 is 11.6 Å². The number of fused-ring (bicyclic) bond motifs is 1. The second-order valence-corrected chi connectivity index (χ2v) is 9.10. The topological polar surface area (TPSA) is 78.4 Å². The lowest BCUT2D eigenvalue weighted by molar-refractivity contribution is -0.131. The lowest BCUT2D eigenvalue weighted by atomic mass is 9.73. The van der Waals surface area contributed by atoms with Gasteiger partial charge < -0.3 is 5.11 Å². The van der Waals surface area contributed by atoms with Gasteiger partial charge in [-0.2, -0.15) is 5.26 Å². The van der Waals surface area contributed by atoms with Gasteiger partial charge in [-0.3, -0.25) is 4.40 Å². The molecule has 1 N–H and O–H groups in total. The average Bonchev–Trinajstić information content (AvgIpc) is 3.31. The van der Waals surface area contributed by atoms with Crippen molar-refractivity contribution >= 4 is 40.4 Å². The molecule has 1 fully saturated rings. The van der Waals surface area contributed by atoms with Crippen LogP contribution in [0.5, 0.6) is 0 Å². The van der Waals surface area contributed by atoms with E-state index in [1.165, 1.54) is 18.2 Å². The summed E-state index contributed by atoms with van der Waals surface area (Å²) in [5, 5.41) is 19.5. The first-order chi connectivity index (χ1) is 17.5. The van der Waals surface area contributed by atoms with Gasteiger partial charge in [-0.05, 0) is 76.9 Å². The van der Waals surface area contributed by atoms with Crippen LogP contribution in [0.2, 0.25) is 5.02 Å². The number of pyridine rings is 1. The zero-order valence-electron chi connectivity index (χ0n) is 19.2. The monoisotopic (exact) mass is 497 g/mol. The van der Waals surface area contributed by atoms with Crippen LogP contribution in [-0.2, 0) is 4.79 Å². The van der Waals surface area contributed by atoms with Crippen LogP contribution in [0, 0.1) is 23.1 Å². The Morgan fingerprint density at radius 3 is 2.53 bits per heavy atom. The second-order valence-electron chi connectivity index (χ2n) is 8.70. The van der Waals surface area contributed by atoms with E-state index in [1.807, 2.05) is 36.4 Å². The van der Waals surface area contributed by atoms with Crippen molar-refractivity contribution < 1.29 is 14.3 Å². The number of nitrogens with zero attached hydrogens (tertiary/aromatic N) is 3. The van der Waals surface area contributed by atoms with E-state index in [2.05, 4.69) is 11.1 Å². The van der Waals surface area contributed by atoms with E-state index in [-0.39, 0.29) is 5.92 Å². The Labute approximate surface area is 212 Å². The molecule has 1 saturated carbocycles. The van der Waals surface area contributed by atoms with Gasteiger partial charge in [0.1, 0.15) is 23.2 Å². The van der Waals surface area contributed by atoms with E-state index in [0.717, 1.165) is 58.7 Å². The predicted octanol–water partition coefficient (Wildman–Crippen LogP) is 6.86. The zero-order valence-corrected chi connectivity index (χ0v) is 19.9. The van der Waals surface area contributed by atoms with Crippen molar-refractivity contribution in [1.29, 1.82) is 5.26 Å². The van der Waals surface area contributed by atoms with Crippen LogP contribution in [0.25, 0.3) is 22.9 Å². The third-order valence-electron chi connectivity index (χ3n) is 6.56. The van der Waals surface area contributed by atoms with E-state index in [1.54, 1.807) is 22.9 Å². The van der Waals surface area contributed by atoms with Crippen molar-refractivity contribution in [1.82, 2.24) is 9.38 Å². The number of carboxylic acids is 1. The maximum Gasteiger partial charge on any atom is 0.328 e. The summed E-state index contributed by atoms with van der Waals surface area (Å²) in [6, 6.07) is 18.0. The minimum absolute atomic E-state index is 0.194. The van der Waals surface area contributed by atoms with Crippen molar-refractivity contribution in [2.24, 2.45) is 5.92 Å². The first-order valence-corrected chi connectivity index (χ1v) is 11.9. The number of aromatic nitrogens is 2. The Kier molecular flexibility index (Phi) is 6.41. The molecule has 2 aromatic heterocycles. The zero-order chi connectivity index (χ0) is 25.2. The van der Waals surface area contributed by atoms with Gasteiger partial charge in [0, 0.05) is 24.0 Å². The molecule has 2 heterocycles. The summed E-state index contributed by atoms with van der Waals surface area (Å²) in [7, 11) is 0. The van der Waals surface area contributed by atoms with Crippen LogP contribution in [0.4, 0.5) is 4.39 Å². The first kappa shape index (κ1) is 23.5. The molecule has 0 bridgehead atoms. The maximum absolute atomic E-state index is 14.0. The highest BCUT2D eigenvalue weighted by atomic mass is 35.5. The number of hydrogen-bond donors (Lipinski definition) is 1. The molecule has 4 aromatic rings. The Morgan fingerprint density at radius 1 is 1.14 bits per heavy atom. The highest BCUT2D eigenvalue weighted by molar-refractivity contribution is 6.32. The molecule has 1 aliphatic carbocycles. The van der Waals surface area contributed by atoms with Crippen LogP contribution in [0.15, 0.2) is 73.1 Å². The van der Waals surface area contributed by atoms with E-state index in [9.17, 15) is 14.4 Å². The van der Waals surface area contributed by atoms with Gasteiger partial charge in [-0.25, -0.2) is 14.2 Å². The largest absolute Gasteiger partial charge is 0.478 e. The molecular weight excluding hydrogens is 477 g/mol. The van der Waals surface area contributed by atoms with Gasteiger partial charge in [-0.15, -0.1) is 0 Å². The van der Waals surface area contributed by atoms with Crippen LogP contribution in [0.1, 0.15) is 47.2 Å². The molecule has 5 nitrogen and oxygen atoms in total. The third kappa shape index (κ3) is 4.41. The van der Waals surface area contributed by atoms with Gasteiger partial charge in [0.15, 0.2) is 0 Å². The highest BCUT2D eigenvalue weighted by Gasteiger charge is 2.30. The summed E-state index contributed by atoms with van der Waals surface area (Å²) in [5.74, 6) is -1.24. The molecule has 0 spiro atoms. The molecule has 178 valence electrons. The average molecular weight is 498 g/mol. The maximum atomic E-state index is 14.0. The summed E-state index contributed by atoms with van der Waals surface area (Å²) in [6.45, 7) is 0. The molecule has 0 amide bonds. The van der Waals surface area contributed by atoms with Gasteiger partial charge in [0.2, 0.25) is 0 Å². The minimum Gasteiger partial charge on any atom is -0.478 e. The second kappa shape index (κ2) is 9.80. The van der Waals surface area contributed by atoms with Crippen molar-refractivity contribution in [3.8, 4) is 6.07 Å². The lowest BCUT2D eigenvalue weighted by Gasteiger charge is -2.32. The summed E-state index contributed by atoms with van der Waals surface area (Å²) < 4.78 is 15.7. The molecule has 2 aromatic carbocycles. The Morgan fingerprint density at radius 2 is 1.89 bits per heavy atom. The summed E-state index contributed by atoms with van der Waals surface area (Å²) in [5.41, 5.74) is 5.95. The molecule has 0 aliphatic heterocycles. The SMILES string of the molecule is N#Cc1c(/C(=C(/c2ccc(F)cc2Cl)C2CCC2)c2ccc(/C=C/C(=O)O)cc2)ccc2nccn12. The molecule has 0 saturated heterocycles. The molecule has 36 heavy (non-hydrogen) atoms. The Bertz CT molecular complexity index is 1570. The smallest absolute Gasteiger partial charge is 0.328 e. The quantitative estimate of drug-likeness (QED) is 0.233. The number of nitriles is 1. The molecule has 5 rings (SSSR count). The van der Waals surface area contributed by atoms with Crippen molar-refractivity contribution in [3.63, 3.8) is 0 Å². The van der Waals surface area contributed by atoms with Crippen molar-refractivity contribution in [2.45, 2.75) is 19.3 Å². The molecule has 7 heteroatoms. The van der Waals surface area contributed by atoms with Crippen molar-refractivity contribution in [2.75, 3.05) is 0 Å². The number of aliphatic carboxylic acids is 1. The summed E-state index contributed by atoms with van der Waals surface area (Å²) in [6.07, 6.45) is 9.01. The number of rotatable bonds is 6. The molecular formula is C29H21ClFN3O2. The molecule has 0 radical (unpaired) electrons. The summed E-state index contributed by atoms with van der Waals surface area (Å²) in [4.78, 5) is 15.2. The fraction of sp³-hybridized carbons (Fsp3) is 0.138. The number of carbonyl (C=O) groups is 1. The lowest BCUT2D eigenvalue weighted by Crippen LogP contribution is -2.16. The van der Waals surface area contributed by atoms with Gasteiger partial charge in [0.25, 0.3) is 0 Å². The van der Waals surface area contributed by atoms with Gasteiger partial charge in [0.05, 0.1) is 5.02 Å².